The summed E-state index contributed by atoms with van der Waals surface area (Å²) in [6.07, 6.45) is 9.20. The highest BCUT2D eigenvalue weighted by molar-refractivity contribution is 5.87. The minimum atomic E-state index is -0.453. The van der Waals surface area contributed by atoms with Gasteiger partial charge in [-0.15, -0.1) is 0 Å². The summed E-state index contributed by atoms with van der Waals surface area (Å²) in [5, 5.41) is 3.38. The van der Waals surface area contributed by atoms with E-state index in [1.165, 1.54) is 39.0 Å². The van der Waals surface area contributed by atoms with Gasteiger partial charge < -0.3 is 10.1 Å². The molecule has 0 spiro atoms. The van der Waals surface area contributed by atoms with Gasteiger partial charge in [-0.3, -0.25) is 4.98 Å². The average molecular weight is 263 g/mol. The van der Waals surface area contributed by atoms with Gasteiger partial charge in [0.25, 0.3) is 0 Å². The predicted octanol–water partition coefficient (Wildman–Crippen LogP) is 2.64. The normalized spacial score (nSPS) is 22.8. The number of carbonyl (C=O) groups excluding carboxylic acids is 1. The highest BCUT2D eigenvalue weighted by Gasteiger charge is 2.21. The Morgan fingerprint density at radius 1 is 1.47 bits per heavy atom. The van der Waals surface area contributed by atoms with Gasteiger partial charge in [0.05, 0.1) is 19.5 Å². The lowest BCUT2D eigenvalue weighted by Crippen LogP contribution is -2.27. The van der Waals surface area contributed by atoms with Crippen LogP contribution in [0.3, 0.4) is 0 Å². The number of aromatic nitrogens is 2. The molecule has 1 N–H and O–H groups in total. The van der Waals surface area contributed by atoms with Gasteiger partial charge in [-0.2, -0.15) is 0 Å². The van der Waals surface area contributed by atoms with Gasteiger partial charge in [-0.05, 0) is 18.8 Å². The number of nitrogens with one attached hydrogen (secondary N) is 1. The zero-order valence-electron chi connectivity index (χ0n) is 11.6. The smallest absolute Gasteiger partial charge is 0.358 e. The molecule has 1 heterocycles. The predicted molar refractivity (Wildman–Crippen MR) is 73.0 cm³/mol. The van der Waals surface area contributed by atoms with Crippen LogP contribution < -0.4 is 5.32 Å². The summed E-state index contributed by atoms with van der Waals surface area (Å²) in [7, 11) is 1.34. The van der Waals surface area contributed by atoms with Crippen LogP contribution in [-0.2, 0) is 4.74 Å². The third-order valence-electron chi connectivity index (χ3n) is 3.74. The molecule has 2 unspecified atom stereocenters. The van der Waals surface area contributed by atoms with Crippen LogP contribution in [0.4, 0.5) is 5.82 Å². The van der Waals surface area contributed by atoms with Gasteiger partial charge in [0, 0.05) is 6.04 Å². The Balaban J connectivity index is 2.00. The highest BCUT2D eigenvalue weighted by Crippen LogP contribution is 2.28. The molecular formula is C14H21N3O2. The molecule has 1 aliphatic rings. The van der Waals surface area contributed by atoms with E-state index < -0.39 is 5.97 Å². The maximum absolute atomic E-state index is 11.4. The second kappa shape index (κ2) is 6.50. The Labute approximate surface area is 113 Å². The summed E-state index contributed by atoms with van der Waals surface area (Å²) in [5.41, 5.74) is 0.246. The Kier molecular flexibility index (Phi) is 4.71. The Hall–Kier alpha value is -1.65. The van der Waals surface area contributed by atoms with Crippen LogP contribution in [0.2, 0.25) is 0 Å². The van der Waals surface area contributed by atoms with Gasteiger partial charge in [-0.1, -0.05) is 26.2 Å². The first-order valence-electron chi connectivity index (χ1n) is 6.89. The third kappa shape index (κ3) is 3.66. The topological polar surface area (TPSA) is 64.1 Å². The lowest BCUT2D eigenvalue weighted by atomic mass is 9.84. The van der Waals surface area contributed by atoms with Crippen molar-refractivity contribution in [2.75, 3.05) is 12.4 Å². The quantitative estimate of drug-likeness (QED) is 0.846. The number of ether oxygens (including phenoxy) is 1. The number of esters is 1. The number of hydrogen-bond donors (Lipinski definition) is 1. The largest absolute Gasteiger partial charge is 0.464 e. The first-order chi connectivity index (χ1) is 9.22. The fraction of sp³-hybridized carbons (Fsp3) is 0.643. The summed E-state index contributed by atoms with van der Waals surface area (Å²) < 4.78 is 4.65. The van der Waals surface area contributed by atoms with Crippen molar-refractivity contribution in [1.29, 1.82) is 0 Å². The summed E-state index contributed by atoms with van der Waals surface area (Å²) >= 11 is 0. The van der Waals surface area contributed by atoms with E-state index in [0.29, 0.717) is 11.9 Å². The van der Waals surface area contributed by atoms with E-state index >= 15 is 0 Å². The van der Waals surface area contributed by atoms with E-state index in [9.17, 15) is 4.79 Å². The van der Waals surface area contributed by atoms with E-state index in [1.54, 1.807) is 6.20 Å². The molecule has 5 heteroatoms. The van der Waals surface area contributed by atoms with Crippen LogP contribution in [0.5, 0.6) is 0 Å². The van der Waals surface area contributed by atoms with Crippen LogP contribution in [0.25, 0.3) is 0 Å². The van der Waals surface area contributed by atoms with Crippen molar-refractivity contribution in [3.63, 3.8) is 0 Å². The third-order valence-corrected chi connectivity index (χ3v) is 3.74. The number of rotatable bonds is 4. The van der Waals surface area contributed by atoms with Crippen LogP contribution in [0, 0.1) is 5.92 Å². The van der Waals surface area contributed by atoms with Gasteiger partial charge >= 0.3 is 5.97 Å². The van der Waals surface area contributed by atoms with E-state index in [0.717, 1.165) is 12.3 Å². The summed E-state index contributed by atoms with van der Waals surface area (Å²) in [4.78, 5) is 19.7. The van der Waals surface area contributed by atoms with E-state index in [1.807, 2.05) is 0 Å². The van der Waals surface area contributed by atoms with Crippen molar-refractivity contribution in [1.82, 2.24) is 9.97 Å². The maximum atomic E-state index is 11.4. The molecule has 1 aromatic heterocycles. The van der Waals surface area contributed by atoms with Crippen LogP contribution in [-0.4, -0.2) is 29.1 Å². The van der Waals surface area contributed by atoms with Crippen molar-refractivity contribution in [2.45, 2.75) is 45.1 Å². The monoisotopic (exact) mass is 263 g/mol. The molecule has 0 bridgehead atoms. The number of anilines is 1. The highest BCUT2D eigenvalue weighted by atomic mass is 16.5. The molecule has 19 heavy (non-hydrogen) atoms. The fourth-order valence-corrected chi connectivity index (χ4v) is 2.64. The summed E-state index contributed by atoms with van der Waals surface area (Å²) in [6, 6.07) is 0.431. The van der Waals surface area contributed by atoms with Crippen molar-refractivity contribution in [3.05, 3.63) is 18.1 Å². The fourth-order valence-electron chi connectivity index (χ4n) is 2.64. The molecule has 5 nitrogen and oxygen atoms in total. The molecule has 1 aliphatic carbocycles. The zero-order valence-corrected chi connectivity index (χ0v) is 11.6. The number of nitrogens with zero attached hydrogens (tertiary/aromatic N) is 2. The van der Waals surface area contributed by atoms with Crippen molar-refractivity contribution < 1.29 is 9.53 Å². The molecule has 1 aromatic rings. The van der Waals surface area contributed by atoms with E-state index in [4.69, 9.17) is 0 Å². The molecule has 1 fully saturated rings. The lowest BCUT2D eigenvalue weighted by molar-refractivity contribution is 0.0593. The molecule has 2 atom stereocenters. The second-order valence-electron chi connectivity index (χ2n) is 5.06. The molecule has 104 valence electrons. The molecule has 2 rings (SSSR count). The Bertz CT molecular complexity index is 436. The molecule has 1 saturated carbocycles. The number of hydrogen-bond acceptors (Lipinski definition) is 5. The number of methoxy groups -OCH3 is 1. The lowest BCUT2D eigenvalue weighted by Gasteiger charge is -2.29. The molecule has 0 aliphatic heterocycles. The minimum Gasteiger partial charge on any atom is -0.464 e. The van der Waals surface area contributed by atoms with Crippen LogP contribution in [0.1, 0.15) is 49.5 Å². The first-order valence-corrected chi connectivity index (χ1v) is 6.89. The minimum absolute atomic E-state index is 0.246. The Morgan fingerprint density at radius 3 is 3.05 bits per heavy atom. The van der Waals surface area contributed by atoms with Crippen molar-refractivity contribution in [3.8, 4) is 0 Å². The standard InChI is InChI=1S/C14H21N3O2/c1-3-10-5-4-6-11(7-10)16-13-9-15-8-12(17-13)14(18)19-2/h8-11H,3-7H2,1-2H3,(H,16,17). The van der Waals surface area contributed by atoms with Crippen molar-refractivity contribution >= 4 is 11.8 Å². The van der Waals surface area contributed by atoms with Crippen molar-refractivity contribution in [2.24, 2.45) is 5.92 Å². The molecule has 0 amide bonds. The van der Waals surface area contributed by atoms with Gasteiger partial charge in [0.2, 0.25) is 0 Å². The first kappa shape index (κ1) is 13.8. The molecule has 0 aromatic carbocycles. The van der Waals surface area contributed by atoms with Crippen LogP contribution in [0.15, 0.2) is 12.4 Å². The van der Waals surface area contributed by atoms with Crippen LogP contribution >= 0.6 is 0 Å². The molecule has 0 saturated heterocycles. The van der Waals surface area contributed by atoms with Gasteiger partial charge in [0.1, 0.15) is 5.82 Å². The molecule has 0 radical (unpaired) electrons. The summed E-state index contributed by atoms with van der Waals surface area (Å²) in [5.74, 6) is 0.999. The van der Waals surface area contributed by atoms with Gasteiger partial charge in [-0.25, -0.2) is 9.78 Å². The number of carbonyl (C=O) groups is 1. The second-order valence-corrected chi connectivity index (χ2v) is 5.06. The Morgan fingerprint density at radius 2 is 2.32 bits per heavy atom. The van der Waals surface area contributed by atoms with Gasteiger partial charge in [0.15, 0.2) is 5.69 Å². The van der Waals surface area contributed by atoms with E-state index in [2.05, 4.69) is 26.9 Å². The summed E-state index contributed by atoms with van der Waals surface area (Å²) in [6.45, 7) is 2.24. The average Bonchev–Trinajstić information content (AvgIpc) is 2.47. The van der Waals surface area contributed by atoms with E-state index in [-0.39, 0.29) is 5.69 Å². The maximum Gasteiger partial charge on any atom is 0.358 e. The molecular weight excluding hydrogens is 242 g/mol. The zero-order chi connectivity index (χ0) is 13.7. The SMILES string of the molecule is CCC1CCCC(Nc2cncc(C(=O)OC)n2)C1.